The van der Waals surface area contributed by atoms with Crippen LogP contribution in [0.4, 0.5) is 0 Å². The van der Waals surface area contributed by atoms with Gasteiger partial charge in [0, 0.05) is 39.9 Å². The van der Waals surface area contributed by atoms with E-state index in [9.17, 15) is 0 Å². The number of benzene rings is 3. The van der Waals surface area contributed by atoms with E-state index in [4.69, 9.17) is 9.97 Å². The molecule has 7 aromatic rings. The first-order valence-corrected chi connectivity index (χ1v) is 12.3. The molecule has 0 saturated carbocycles. The Morgan fingerprint density at radius 1 is 0.459 bits per heavy atom. The summed E-state index contributed by atoms with van der Waals surface area (Å²) in [6, 6.07) is 41.5. The van der Waals surface area contributed by atoms with Crippen molar-refractivity contribution in [2.24, 2.45) is 0 Å². The van der Waals surface area contributed by atoms with Gasteiger partial charge >= 0.3 is 0 Å². The van der Waals surface area contributed by atoms with Gasteiger partial charge in [0.1, 0.15) is 5.82 Å². The smallest absolute Gasteiger partial charge is 0.138 e. The quantitative estimate of drug-likeness (QED) is 0.260. The second kappa shape index (κ2) is 8.85. The second-order valence-corrected chi connectivity index (χ2v) is 8.98. The lowest BCUT2D eigenvalue weighted by atomic mass is 10.0. The van der Waals surface area contributed by atoms with Crippen LogP contribution in [0.25, 0.3) is 61.4 Å². The number of para-hydroxylation sites is 1. The van der Waals surface area contributed by atoms with Crippen molar-refractivity contribution in [3.8, 4) is 39.6 Å². The van der Waals surface area contributed by atoms with Gasteiger partial charge in [-0.2, -0.15) is 0 Å². The van der Waals surface area contributed by atoms with Gasteiger partial charge in [-0.3, -0.25) is 9.55 Å². The maximum absolute atomic E-state index is 5.17. The SMILES string of the molecule is c1ccc(-c2cc(-c3cccc(-n4c5ccccc5c5cnccc54)n3)cc(-c3ccccc3)n2)cc1. The highest BCUT2D eigenvalue weighted by molar-refractivity contribution is 6.08. The Labute approximate surface area is 214 Å². The highest BCUT2D eigenvalue weighted by atomic mass is 15.1. The molecule has 4 heterocycles. The van der Waals surface area contributed by atoms with E-state index in [2.05, 4.69) is 94.5 Å². The Balaban J connectivity index is 1.44. The summed E-state index contributed by atoms with van der Waals surface area (Å²) in [7, 11) is 0. The number of pyridine rings is 3. The topological polar surface area (TPSA) is 43.6 Å². The summed E-state index contributed by atoms with van der Waals surface area (Å²) in [6.07, 6.45) is 3.77. The van der Waals surface area contributed by atoms with Crippen molar-refractivity contribution in [3.05, 3.63) is 134 Å². The predicted octanol–water partition coefficient (Wildman–Crippen LogP) is 7.97. The molecule has 37 heavy (non-hydrogen) atoms. The molecular weight excluding hydrogens is 452 g/mol. The van der Waals surface area contributed by atoms with E-state index in [-0.39, 0.29) is 0 Å². The highest BCUT2D eigenvalue weighted by Crippen LogP contribution is 2.33. The van der Waals surface area contributed by atoms with Crippen LogP contribution >= 0.6 is 0 Å². The lowest BCUT2D eigenvalue weighted by Crippen LogP contribution is -1.99. The normalized spacial score (nSPS) is 11.2. The number of fused-ring (bicyclic) bond motifs is 3. The molecular formula is C33H22N4. The van der Waals surface area contributed by atoms with E-state index in [0.29, 0.717) is 0 Å². The first-order chi connectivity index (χ1) is 18.3. The molecule has 0 fully saturated rings. The molecule has 174 valence electrons. The summed E-state index contributed by atoms with van der Waals surface area (Å²) in [5, 5.41) is 2.28. The molecule has 0 atom stereocenters. The summed E-state index contributed by atoms with van der Waals surface area (Å²) >= 11 is 0. The number of nitrogens with zero attached hydrogens (tertiary/aromatic N) is 4. The van der Waals surface area contributed by atoms with Crippen molar-refractivity contribution in [1.29, 1.82) is 0 Å². The predicted molar refractivity (Wildman–Crippen MR) is 150 cm³/mol. The van der Waals surface area contributed by atoms with Crippen molar-refractivity contribution < 1.29 is 0 Å². The Hall–Kier alpha value is -5.09. The third kappa shape index (κ3) is 3.76. The van der Waals surface area contributed by atoms with Gasteiger partial charge in [-0.1, -0.05) is 84.9 Å². The molecule has 3 aromatic carbocycles. The van der Waals surface area contributed by atoms with E-state index in [1.165, 1.54) is 5.39 Å². The van der Waals surface area contributed by atoms with E-state index in [0.717, 1.165) is 56.0 Å². The average molecular weight is 475 g/mol. The van der Waals surface area contributed by atoms with Crippen LogP contribution in [0.3, 0.4) is 0 Å². The Morgan fingerprint density at radius 3 is 1.84 bits per heavy atom. The molecule has 7 rings (SSSR count). The van der Waals surface area contributed by atoms with Crippen LogP contribution in [0.1, 0.15) is 0 Å². The van der Waals surface area contributed by atoms with Gasteiger partial charge in [0.25, 0.3) is 0 Å². The zero-order valence-electron chi connectivity index (χ0n) is 20.0. The van der Waals surface area contributed by atoms with Crippen LogP contribution in [0.2, 0.25) is 0 Å². The molecule has 0 amide bonds. The Kier molecular flexibility index (Phi) is 5.07. The van der Waals surface area contributed by atoms with Gasteiger partial charge in [-0.15, -0.1) is 0 Å². The molecule has 0 bridgehead atoms. The number of hydrogen-bond donors (Lipinski definition) is 0. The van der Waals surface area contributed by atoms with Gasteiger partial charge in [0.2, 0.25) is 0 Å². The minimum absolute atomic E-state index is 0.870. The average Bonchev–Trinajstić information content (AvgIpc) is 3.32. The first-order valence-electron chi connectivity index (χ1n) is 12.3. The Bertz CT molecular complexity index is 1760. The molecule has 0 aliphatic rings. The molecule has 0 N–H and O–H groups in total. The minimum Gasteiger partial charge on any atom is -0.294 e. The van der Waals surface area contributed by atoms with Crippen LogP contribution in [0.15, 0.2) is 134 Å². The van der Waals surface area contributed by atoms with Crippen LogP contribution in [-0.2, 0) is 0 Å². The molecule has 4 aromatic heterocycles. The second-order valence-electron chi connectivity index (χ2n) is 8.98. The third-order valence-electron chi connectivity index (χ3n) is 6.70. The molecule has 0 spiro atoms. The molecule has 0 radical (unpaired) electrons. The summed E-state index contributed by atoms with van der Waals surface area (Å²) in [5.41, 5.74) is 8.12. The molecule has 4 nitrogen and oxygen atoms in total. The maximum atomic E-state index is 5.17. The van der Waals surface area contributed by atoms with Crippen LogP contribution in [0.5, 0.6) is 0 Å². The lowest BCUT2D eigenvalue weighted by molar-refractivity contribution is 1.08. The van der Waals surface area contributed by atoms with Crippen LogP contribution < -0.4 is 0 Å². The maximum Gasteiger partial charge on any atom is 0.138 e. The van der Waals surface area contributed by atoms with E-state index in [1.54, 1.807) is 0 Å². The molecule has 4 heteroatoms. The molecule has 0 saturated heterocycles. The van der Waals surface area contributed by atoms with Gasteiger partial charge in [0.05, 0.1) is 28.1 Å². The number of rotatable bonds is 4. The summed E-state index contributed by atoms with van der Waals surface area (Å²) in [4.78, 5) is 14.6. The largest absolute Gasteiger partial charge is 0.294 e. The number of hydrogen-bond acceptors (Lipinski definition) is 3. The fraction of sp³-hybridized carbons (Fsp3) is 0. The van der Waals surface area contributed by atoms with Gasteiger partial charge in [-0.05, 0) is 36.4 Å². The van der Waals surface area contributed by atoms with Crippen molar-refractivity contribution in [2.45, 2.75) is 0 Å². The van der Waals surface area contributed by atoms with E-state index >= 15 is 0 Å². The summed E-state index contributed by atoms with van der Waals surface area (Å²) in [5.74, 6) is 0.870. The summed E-state index contributed by atoms with van der Waals surface area (Å²) in [6.45, 7) is 0. The van der Waals surface area contributed by atoms with Crippen molar-refractivity contribution >= 4 is 21.8 Å². The monoisotopic (exact) mass is 474 g/mol. The van der Waals surface area contributed by atoms with Crippen molar-refractivity contribution in [3.63, 3.8) is 0 Å². The van der Waals surface area contributed by atoms with Gasteiger partial charge < -0.3 is 0 Å². The van der Waals surface area contributed by atoms with Crippen LogP contribution in [0, 0.1) is 0 Å². The first kappa shape index (κ1) is 21.2. The Morgan fingerprint density at radius 2 is 1.11 bits per heavy atom. The summed E-state index contributed by atoms with van der Waals surface area (Å²) < 4.78 is 2.22. The number of aromatic nitrogens is 4. The van der Waals surface area contributed by atoms with Gasteiger partial charge in [0.15, 0.2) is 0 Å². The lowest BCUT2D eigenvalue weighted by Gasteiger charge is -2.12. The zero-order chi connectivity index (χ0) is 24.6. The molecule has 0 unspecified atom stereocenters. The van der Waals surface area contributed by atoms with Crippen molar-refractivity contribution in [2.75, 3.05) is 0 Å². The fourth-order valence-corrected chi connectivity index (χ4v) is 4.96. The molecule has 0 aliphatic heterocycles. The minimum atomic E-state index is 0.870. The van der Waals surface area contributed by atoms with E-state index < -0.39 is 0 Å². The zero-order valence-corrected chi connectivity index (χ0v) is 20.0. The van der Waals surface area contributed by atoms with Crippen molar-refractivity contribution in [1.82, 2.24) is 19.5 Å². The van der Waals surface area contributed by atoms with Gasteiger partial charge in [-0.25, -0.2) is 9.97 Å². The third-order valence-corrected chi connectivity index (χ3v) is 6.70. The standard InChI is InChI=1S/C33H22N4/c1-3-10-23(11-4-1)29-20-25(21-30(35-29)24-12-5-2-6-13-24)28-15-9-17-33(36-28)37-31-16-8-7-14-26(31)27-22-34-19-18-32(27)37/h1-22H. The van der Waals surface area contributed by atoms with E-state index in [1.807, 2.05) is 48.8 Å². The highest BCUT2D eigenvalue weighted by Gasteiger charge is 2.14. The van der Waals surface area contributed by atoms with Crippen LogP contribution in [-0.4, -0.2) is 19.5 Å². The molecule has 0 aliphatic carbocycles. The fourth-order valence-electron chi connectivity index (χ4n) is 4.96.